The van der Waals surface area contributed by atoms with Crippen molar-refractivity contribution in [3.63, 3.8) is 0 Å². The Morgan fingerprint density at radius 1 is 1.33 bits per heavy atom. The molecule has 9 heteroatoms. The van der Waals surface area contributed by atoms with E-state index >= 15 is 0 Å². The van der Waals surface area contributed by atoms with Crippen LogP contribution < -0.4 is 15.4 Å². The van der Waals surface area contributed by atoms with Gasteiger partial charge in [-0.15, -0.1) is 5.10 Å². The van der Waals surface area contributed by atoms with Crippen molar-refractivity contribution < 1.29 is 14.3 Å². The SMILES string of the molecule is CC(C)Oc1nnc(SCC(=O)NC(=O)NC(C)(C)C)s1. The van der Waals surface area contributed by atoms with E-state index in [0.717, 1.165) is 0 Å². The summed E-state index contributed by atoms with van der Waals surface area (Å²) < 4.78 is 6.01. The summed E-state index contributed by atoms with van der Waals surface area (Å²) in [6, 6.07) is -0.505. The zero-order valence-corrected chi connectivity index (χ0v) is 14.4. The van der Waals surface area contributed by atoms with E-state index in [-0.39, 0.29) is 23.3 Å². The summed E-state index contributed by atoms with van der Waals surface area (Å²) in [5, 5.41) is 13.1. The second-order valence-electron chi connectivity index (χ2n) is 5.54. The first kappa shape index (κ1) is 17.7. The number of hydrogen-bond acceptors (Lipinski definition) is 7. The van der Waals surface area contributed by atoms with E-state index in [2.05, 4.69) is 20.8 Å². The van der Waals surface area contributed by atoms with Crippen molar-refractivity contribution in [3.05, 3.63) is 0 Å². The second kappa shape index (κ2) is 7.60. The summed E-state index contributed by atoms with van der Waals surface area (Å²) >= 11 is 2.48. The molecule has 7 nitrogen and oxygen atoms in total. The van der Waals surface area contributed by atoms with Gasteiger partial charge in [0.15, 0.2) is 4.34 Å². The molecule has 0 atom stereocenters. The molecular formula is C12H20N4O3S2. The van der Waals surface area contributed by atoms with Gasteiger partial charge >= 0.3 is 6.03 Å². The smallest absolute Gasteiger partial charge is 0.321 e. The number of urea groups is 1. The normalized spacial score (nSPS) is 11.3. The second-order valence-corrected chi connectivity index (χ2v) is 7.70. The Hall–Kier alpha value is -1.35. The van der Waals surface area contributed by atoms with Crippen LogP contribution in [-0.2, 0) is 4.79 Å². The maximum atomic E-state index is 11.6. The molecule has 1 aromatic rings. The number of amides is 3. The van der Waals surface area contributed by atoms with Crippen molar-refractivity contribution >= 4 is 35.0 Å². The summed E-state index contributed by atoms with van der Waals surface area (Å²) in [5.74, 6) is -0.295. The first-order valence-corrected chi connectivity index (χ1v) is 8.21. The topological polar surface area (TPSA) is 93.2 Å². The molecule has 0 saturated heterocycles. The largest absolute Gasteiger partial charge is 0.466 e. The molecule has 0 aliphatic carbocycles. The Bertz CT molecular complexity index is 497. The van der Waals surface area contributed by atoms with E-state index in [4.69, 9.17) is 4.74 Å². The minimum atomic E-state index is -0.505. The highest BCUT2D eigenvalue weighted by atomic mass is 32.2. The Morgan fingerprint density at radius 2 is 2.00 bits per heavy atom. The number of carbonyl (C=O) groups is 2. The standard InChI is InChI=1S/C12H20N4O3S2/c1-7(2)19-10-15-16-11(21-10)20-6-8(17)13-9(18)14-12(3,4)5/h7H,6H2,1-5H3,(H2,13,14,17,18). The van der Waals surface area contributed by atoms with Gasteiger partial charge < -0.3 is 10.1 Å². The number of imide groups is 1. The number of rotatable bonds is 5. The quantitative estimate of drug-likeness (QED) is 0.802. The minimum absolute atomic E-state index is 0.0280. The van der Waals surface area contributed by atoms with Gasteiger partial charge in [-0.2, -0.15) is 0 Å². The van der Waals surface area contributed by atoms with Gasteiger partial charge in [0.05, 0.1) is 11.9 Å². The lowest BCUT2D eigenvalue weighted by Crippen LogP contribution is -2.48. The molecule has 1 aromatic heterocycles. The van der Waals surface area contributed by atoms with Crippen LogP contribution in [0.15, 0.2) is 4.34 Å². The van der Waals surface area contributed by atoms with E-state index in [0.29, 0.717) is 9.53 Å². The Kier molecular flexibility index (Phi) is 6.41. The van der Waals surface area contributed by atoms with Crippen LogP contribution in [0.3, 0.4) is 0 Å². The fraction of sp³-hybridized carbons (Fsp3) is 0.667. The Balaban J connectivity index is 2.36. The number of ether oxygens (including phenoxy) is 1. The van der Waals surface area contributed by atoms with Crippen molar-refractivity contribution in [2.75, 3.05) is 5.75 Å². The number of hydrogen-bond donors (Lipinski definition) is 2. The van der Waals surface area contributed by atoms with Gasteiger partial charge in [0.25, 0.3) is 5.19 Å². The highest BCUT2D eigenvalue weighted by Crippen LogP contribution is 2.27. The molecule has 0 fully saturated rings. The van der Waals surface area contributed by atoms with Gasteiger partial charge in [0.2, 0.25) is 5.91 Å². The van der Waals surface area contributed by atoms with Crippen LogP contribution in [0.1, 0.15) is 34.6 Å². The zero-order chi connectivity index (χ0) is 16.0. The molecule has 1 rings (SSSR count). The van der Waals surface area contributed by atoms with Crippen LogP contribution in [0.5, 0.6) is 5.19 Å². The molecule has 0 aliphatic heterocycles. The highest BCUT2D eigenvalue weighted by molar-refractivity contribution is 8.01. The van der Waals surface area contributed by atoms with Gasteiger partial charge in [0.1, 0.15) is 0 Å². The molecule has 21 heavy (non-hydrogen) atoms. The lowest BCUT2D eigenvalue weighted by Gasteiger charge is -2.20. The summed E-state index contributed by atoms with van der Waals surface area (Å²) in [7, 11) is 0. The average Bonchev–Trinajstić information content (AvgIpc) is 2.70. The van der Waals surface area contributed by atoms with Crippen LogP contribution in [-0.4, -0.2) is 39.5 Å². The number of carbonyl (C=O) groups excluding carboxylic acids is 2. The lowest BCUT2D eigenvalue weighted by molar-refractivity contribution is -0.117. The lowest BCUT2D eigenvalue weighted by atomic mass is 10.1. The van der Waals surface area contributed by atoms with Gasteiger partial charge in [-0.05, 0) is 46.0 Å². The average molecular weight is 332 g/mol. The van der Waals surface area contributed by atoms with Crippen molar-refractivity contribution in [1.29, 1.82) is 0 Å². The van der Waals surface area contributed by atoms with E-state index in [1.54, 1.807) is 0 Å². The third kappa shape index (κ3) is 7.86. The van der Waals surface area contributed by atoms with Gasteiger partial charge in [-0.25, -0.2) is 4.79 Å². The number of aromatic nitrogens is 2. The molecule has 3 amide bonds. The van der Waals surface area contributed by atoms with Gasteiger partial charge in [-0.1, -0.05) is 16.9 Å². The van der Waals surface area contributed by atoms with Gasteiger partial charge in [-0.3, -0.25) is 10.1 Å². The molecule has 1 heterocycles. The van der Waals surface area contributed by atoms with Crippen LogP contribution in [0, 0.1) is 0 Å². The highest BCUT2D eigenvalue weighted by Gasteiger charge is 2.16. The fourth-order valence-electron chi connectivity index (χ4n) is 1.17. The summed E-state index contributed by atoms with van der Waals surface area (Å²) in [4.78, 5) is 23.1. The molecular weight excluding hydrogens is 312 g/mol. The van der Waals surface area contributed by atoms with Gasteiger partial charge in [0, 0.05) is 5.54 Å². The molecule has 0 bridgehead atoms. The summed E-state index contributed by atoms with van der Waals surface area (Å²) in [6.07, 6.45) is 0.0280. The molecule has 0 aliphatic rings. The van der Waals surface area contributed by atoms with E-state index in [1.807, 2.05) is 34.6 Å². The number of thioether (sulfide) groups is 1. The fourth-order valence-corrected chi connectivity index (χ4v) is 2.77. The van der Waals surface area contributed by atoms with E-state index < -0.39 is 6.03 Å². The monoisotopic (exact) mass is 332 g/mol. The Morgan fingerprint density at radius 3 is 2.57 bits per heavy atom. The van der Waals surface area contributed by atoms with Crippen LogP contribution >= 0.6 is 23.1 Å². The number of nitrogens with zero attached hydrogens (tertiary/aromatic N) is 2. The Labute approximate surface area is 132 Å². The summed E-state index contributed by atoms with van der Waals surface area (Å²) in [6.45, 7) is 9.31. The molecule has 0 aromatic carbocycles. The zero-order valence-electron chi connectivity index (χ0n) is 12.7. The van der Waals surface area contributed by atoms with Crippen molar-refractivity contribution in [2.45, 2.75) is 50.6 Å². The molecule has 0 radical (unpaired) electrons. The maximum Gasteiger partial charge on any atom is 0.321 e. The molecule has 0 saturated carbocycles. The minimum Gasteiger partial charge on any atom is -0.466 e. The predicted molar refractivity (Wildman–Crippen MR) is 82.8 cm³/mol. The van der Waals surface area contributed by atoms with E-state index in [1.165, 1.54) is 23.1 Å². The molecule has 0 spiro atoms. The predicted octanol–water partition coefficient (Wildman–Crippen LogP) is 2.04. The van der Waals surface area contributed by atoms with Crippen LogP contribution in [0.25, 0.3) is 0 Å². The maximum absolute atomic E-state index is 11.6. The third-order valence-corrected chi connectivity index (χ3v) is 3.74. The van der Waals surface area contributed by atoms with Crippen molar-refractivity contribution in [1.82, 2.24) is 20.8 Å². The molecule has 0 unspecified atom stereocenters. The van der Waals surface area contributed by atoms with Crippen LogP contribution in [0.2, 0.25) is 0 Å². The molecule has 118 valence electrons. The van der Waals surface area contributed by atoms with Crippen LogP contribution in [0.4, 0.5) is 4.79 Å². The number of nitrogens with one attached hydrogen (secondary N) is 2. The first-order chi connectivity index (χ1) is 9.65. The summed E-state index contributed by atoms with van der Waals surface area (Å²) in [5.41, 5.74) is -0.389. The van der Waals surface area contributed by atoms with Crippen molar-refractivity contribution in [3.8, 4) is 5.19 Å². The van der Waals surface area contributed by atoms with E-state index in [9.17, 15) is 9.59 Å². The van der Waals surface area contributed by atoms with Crippen molar-refractivity contribution in [2.24, 2.45) is 0 Å². The molecule has 2 N–H and O–H groups in total. The third-order valence-electron chi connectivity index (χ3n) is 1.79. The first-order valence-electron chi connectivity index (χ1n) is 6.40.